The Balaban J connectivity index is 1.56. The zero-order chi connectivity index (χ0) is 14.6. The molecule has 2 bridgehead atoms. The molecule has 0 aromatic heterocycles. The van der Waals surface area contributed by atoms with Gasteiger partial charge < -0.3 is 0 Å². The first-order valence-electron chi connectivity index (χ1n) is 8.14. The van der Waals surface area contributed by atoms with E-state index in [9.17, 15) is 8.42 Å². The number of benzene rings is 1. The molecule has 1 aromatic carbocycles. The van der Waals surface area contributed by atoms with Crippen LogP contribution in [0.15, 0.2) is 29.2 Å². The monoisotopic (exact) mass is 305 g/mol. The minimum absolute atomic E-state index is 0.166. The van der Waals surface area contributed by atoms with Crippen molar-refractivity contribution in [3.8, 4) is 0 Å². The Labute approximate surface area is 127 Å². The molecule has 5 unspecified atom stereocenters. The van der Waals surface area contributed by atoms with E-state index in [2.05, 4.69) is 4.72 Å². The molecule has 4 rings (SSSR count). The third-order valence-electron chi connectivity index (χ3n) is 6.12. The molecule has 3 nitrogen and oxygen atoms in total. The first-order valence-corrected chi connectivity index (χ1v) is 9.62. The summed E-state index contributed by atoms with van der Waals surface area (Å²) in [5.74, 6) is 3.04. The maximum atomic E-state index is 12.7. The second-order valence-corrected chi connectivity index (χ2v) is 8.83. The molecule has 3 fully saturated rings. The fraction of sp³-hybridized carbons (Fsp3) is 0.647. The fourth-order valence-corrected chi connectivity index (χ4v) is 6.87. The molecule has 0 spiro atoms. The number of rotatable bonds is 3. The Bertz CT molecular complexity index is 655. The van der Waals surface area contributed by atoms with Crippen LogP contribution in [0.25, 0.3) is 0 Å². The summed E-state index contributed by atoms with van der Waals surface area (Å²) in [6.45, 7) is 1.86. The molecule has 3 saturated carbocycles. The van der Waals surface area contributed by atoms with Crippen molar-refractivity contribution < 1.29 is 8.42 Å². The van der Waals surface area contributed by atoms with E-state index in [0.29, 0.717) is 10.8 Å². The van der Waals surface area contributed by atoms with Crippen LogP contribution in [-0.4, -0.2) is 14.5 Å². The summed E-state index contributed by atoms with van der Waals surface area (Å²) >= 11 is 0. The third-order valence-corrected chi connectivity index (χ3v) is 7.77. The zero-order valence-electron chi connectivity index (χ0n) is 12.5. The van der Waals surface area contributed by atoms with E-state index in [1.165, 1.54) is 25.7 Å². The summed E-state index contributed by atoms with van der Waals surface area (Å²) in [7, 11) is -3.38. The van der Waals surface area contributed by atoms with Gasteiger partial charge in [0.2, 0.25) is 10.0 Å². The summed E-state index contributed by atoms with van der Waals surface area (Å²) in [6, 6.07) is 7.43. The molecule has 4 heteroatoms. The topological polar surface area (TPSA) is 46.2 Å². The maximum Gasteiger partial charge on any atom is 0.241 e. The lowest BCUT2D eigenvalue weighted by Gasteiger charge is -2.32. The van der Waals surface area contributed by atoms with Crippen LogP contribution >= 0.6 is 0 Å². The number of aryl methyl sites for hydroxylation is 1. The standard InChI is InChI=1S/C17H23NO2S/c1-11-5-2-3-8-17(11)21(19,20)18-16-10-12-9-15(16)14-7-4-6-13(12)14/h2-3,5,8,12-16,18H,4,6-7,9-10H2,1H3. The van der Waals surface area contributed by atoms with E-state index < -0.39 is 10.0 Å². The van der Waals surface area contributed by atoms with Gasteiger partial charge in [-0.1, -0.05) is 24.6 Å². The van der Waals surface area contributed by atoms with Crippen molar-refractivity contribution in [3.05, 3.63) is 29.8 Å². The Morgan fingerprint density at radius 2 is 1.81 bits per heavy atom. The molecule has 1 aromatic rings. The zero-order valence-corrected chi connectivity index (χ0v) is 13.3. The molecule has 0 radical (unpaired) electrons. The lowest BCUT2D eigenvalue weighted by Crippen LogP contribution is -2.42. The van der Waals surface area contributed by atoms with E-state index in [1.807, 2.05) is 19.1 Å². The molecule has 5 atom stereocenters. The van der Waals surface area contributed by atoms with Crippen molar-refractivity contribution >= 4 is 10.0 Å². The van der Waals surface area contributed by atoms with Crippen molar-refractivity contribution in [1.29, 1.82) is 0 Å². The van der Waals surface area contributed by atoms with Gasteiger partial charge in [0, 0.05) is 6.04 Å². The smallest absolute Gasteiger partial charge is 0.208 e. The summed E-state index contributed by atoms with van der Waals surface area (Å²) in [4.78, 5) is 0.441. The van der Waals surface area contributed by atoms with Crippen LogP contribution in [0.1, 0.15) is 37.7 Å². The molecular formula is C17H23NO2S. The van der Waals surface area contributed by atoms with E-state index in [4.69, 9.17) is 0 Å². The molecular weight excluding hydrogens is 282 g/mol. The minimum Gasteiger partial charge on any atom is -0.208 e. The summed E-state index contributed by atoms with van der Waals surface area (Å²) in [5, 5.41) is 0. The molecule has 0 saturated heterocycles. The molecule has 114 valence electrons. The van der Waals surface area contributed by atoms with Crippen molar-refractivity contribution in [2.24, 2.45) is 23.7 Å². The molecule has 3 aliphatic rings. The second kappa shape index (κ2) is 4.82. The van der Waals surface area contributed by atoms with Crippen LogP contribution < -0.4 is 4.72 Å². The highest BCUT2D eigenvalue weighted by atomic mass is 32.2. The maximum absolute atomic E-state index is 12.7. The van der Waals surface area contributed by atoms with Crippen LogP contribution in [0.3, 0.4) is 0 Å². The van der Waals surface area contributed by atoms with Crippen LogP contribution in [0, 0.1) is 30.6 Å². The van der Waals surface area contributed by atoms with Crippen molar-refractivity contribution in [3.63, 3.8) is 0 Å². The molecule has 1 N–H and O–H groups in total. The van der Waals surface area contributed by atoms with E-state index in [-0.39, 0.29) is 6.04 Å². The number of nitrogens with one attached hydrogen (secondary N) is 1. The molecule has 0 amide bonds. The molecule has 21 heavy (non-hydrogen) atoms. The molecule has 3 aliphatic carbocycles. The van der Waals surface area contributed by atoms with Gasteiger partial charge in [0.1, 0.15) is 0 Å². The van der Waals surface area contributed by atoms with Gasteiger partial charge in [0.15, 0.2) is 0 Å². The Hall–Kier alpha value is -0.870. The van der Waals surface area contributed by atoms with Gasteiger partial charge >= 0.3 is 0 Å². The van der Waals surface area contributed by atoms with Gasteiger partial charge in [-0.15, -0.1) is 0 Å². The summed E-state index contributed by atoms with van der Waals surface area (Å²) in [6.07, 6.45) is 6.34. The van der Waals surface area contributed by atoms with Crippen LogP contribution in [0.2, 0.25) is 0 Å². The quantitative estimate of drug-likeness (QED) is 0.932. The number of fused-ring (bicyclic) bond motifs is 5. The minimum atomic E-state index is -3.38. The SMILES string of the molecule is Cc1ccccc1S(=O)(=O)NC1CC2CC1C1CCCC21. The van der Waals surface area contributed by atoms with Gasteiger partial charge in [-0.2, -0.15) is 0 Å². The van der Waals surface area contributed by atoms with Crippen LogP contribution in [0.5, 0.6) is 0 Å². The molecule has 0 heterocycles. The van der Waals surface area contributed by atoms with E-state index >= 15 is 0 Å². The average Bonchev–Trinajstić information content (AvgIpc) is 3.09. The van der Waals surface area contributed by atoms with E-state index in [1.54, 1.807) is 12.1 Å². The highest BCUT2D eigenvalue weighted by molar-refractivity contribution is 7.89. The number of hydrogen-bond acceptors (Lipinski definition) is 2. The average molecular weight is 305 g/mol. The van der Waals surface area contributed by atoms with E-state index in [0.717, 1.165) is 29.7 Å². The van der Waals surface area contributed by atoms with Crippen molar-refractivity contribution in [2.45, 2.75) is 50.0 Å². The fourth-order valence-electron chi connectivity index (χ4n) is 5.32. The Morgan fingerprint density at radius 1 is 1.05 bits per heavy atom. The lowest BCUT2D eigenvalue weighted by molar-refractivity contribution is 0.224. The first-order chi connectivity index (χ1) is 10.1. The highest BCUT2D eigenvalue weighted by Gasteiger charge is 2.54. The predicted molar refractivity (Wildman–Crippen MR) is 82.3 cm³/mol. The Kier molecular flexibility index (Phi) is 3.16. The van der Waals surface area contributed by atoms with Crippen LogP contribution in [-0.2, 0) is 10.0 Å². The lowest BCUT2D eigenvalue weighted by atomic mass is 9.79. The molecule has 0 aliphatic heterocycles. The summed E-state index contributed by atoms with van der Waals surface area (Å²) < 4.78 is 28.4. The van der Waals surface area contributed by atoms with Gasteiger partial charge in [-0.05, 0) is 67.9 Å². The largest absolute Gasteiger partial charge is 0.241 e. The van der Waals surface area contributed by atoms with Gasteiger partial charge in [-0.3, -0.25) is 0 Å². The predicted octanol–water partition coefficient (Wildman–Crippen LogP) is 3.10. The van der Waals surface area contributed by atoms with Crippen molar-refractivity contribution in [2.75, 3.05) is 0 Å². The highest BCUT2D eigenvalue weighted by Crippen LogP contribution is 2.58. The second-order valence-electron chi connectivity index (χ2n) is 7.15. The van der Waals surface area contributed by atoms with Gasteiger partial charge in [0.25, 0.3) is 0 Å². The number of sulfonamides is 1. The first kappa shape index (κ1) is 13.8. The summed E-state index contributed by atoms with van der Waals surface area (Å²) in [5.41, 5.74) is 0.826. The van der Waals surface area contributed by atoms with Gasteiger partial charge in [-0.25, -0.2) is 13.1 Å². The third kappa shape index (κ3) is 2.15. The van der Waals surface area contributed by atoms with Gasteiger partial charge in [0.05, 0.1) is 4.90 Å². The van der Waals surface area contributed by atoms with Crippen molar-refractivity contribution in [1.82, 2.24) is 4.72 Å². The van der Waals surface area contributed by atoms with Crippen LogP contribution in [0.4, 0.5) is 0 Å². The number of hydrogen-bond donors (Lipinski definition) is 1. The normalized spacial score (nSPS) is 37.9. The Morgan fingerprint density at radius 3 is 2.62 bits per heavy atom.